The van der Waals surface area contributed by atoms with Crippen LogP contribution in [0.1, 0.15) is 45.8 Å². The lowest BCUT2D eigenvalue weighted by atomic mass is 9.74. The summed E-state index contributed by atoms with van der Waals surface area (Å²) in [5, 5.41) is 6.23. The molecule has 0 atom stereocenters. The van der Waals surface area contributed by atoms with Crippen molar-refractivity contribution in [1.82, 2.24) is 25.0 Å². The maximum absolute atomic E-state index is 13.7. The zero-order chi connectivity index (χ0) is 29.4. The molecular weight excluding hydrogens is 557 g/mol. The van der Waals surface area contributed by atoms with Gasteiger partial charge in [0.15, 0.2) is 0 Å². The highest BCUT2D eigenvalue weighted by molar-refractivity contribution is 6.33. The Labute approximate surface area is 246 Å². The van der Waals surface area contributed by atoms with Crippen LogP contribution in [0.5, 0.6) is 5.75 Å². The summed E-state index contributed by atoms with van der Waals surface area (Å²) in [5.41, 5.74) is 3.63. The fraction of sp³-hybridized carbons (Fsp3) is 0.188. The van der Waals surface area contributed by atoms with Crippen molar-refractivity contribution in [3.63, 3.8) is 0 Å². The Hall–Kier alpha value is -4.76. The minimum atomic E-state index is -0.544. The SMILES string of the molecule is CNC(=O)c1c(-c2ccc(F)cc2)nc2ccc(-c3cc(C(=O)NC4(c5ccccn5)CCC4)c(OC)cc3Cl)cn12. The molecule has 0 saturated heterocycles. The number of benzene rings is 2. The van der Waals surface area contributed by atoms with Crippen molar-refractivity contribution in [3.05, 3.63) is 107 Å². The molecule has 1 aliphatic carbocycles. The number of nitrogens with zero attached hydrogens (tertiary/aromatic N) is 3. The van der Waals surface area contributed by atoms with E-state index in [1.807, 2.05) is 24.3 Å². The van der Waals surface area contributed by atoms with Crippen LogP contribution in [-0.4, -0.2) is 40.3 Å². The van der Waals surface area contributed by atoms with E-state index in [0.717, 1.165) is 25.0 Å². The van der Waals surface area contributed by atoms with Gasteiger partial charge in [-0.1, -0.05) is 17.7 Å². The molecule has 2 amide bonds. The molecule has 0 radical (unpaired) electrons. The minimum Gasteiger partial charge on any atom is -0.496 e. The molecule has 1 aliphatic rings. The average Bonchev–Trinajstić information content (AvgIpc) is 3.38. The van der Waals surface area contributed by atoms with E-state index in [4.69, 9.17) is 16.3 Å². The summed E-state index contributed by atoms with van der Waals surface area (Å²) in [7, 11) is 3.02. The maximum atomic E-state index is 13.7. The second-order valence-electron chi connectivity index (χ2n) is 10.2. The number of aromatic nitrogens is 3. The summed E-state index contributed by atoms with van der Waals surface area (Å²) in [5.74, 6) is -0.711. The number of amides is 2. The molecule has 8 nitrogen and oxygen atoms in total. The van der Waals surface area contributed by atoms with Crippen LogP contribution in [0.25, 0.3) is 28.0 Å². The van der Waals surface area contributed by atoms with Crippen molar-refractivity contribution in [2.24, 2.45) is 0 Å². The van der Waals surface area contributed by atoms with Crippen molar-refractivity contribution < 1.29 is 18.7 Å². The Morgan fingerprint density at radius 3 is 2.43 bits per heavy atom. The summed E-state index contributed by atoms with van der Waals surface area (Å²) in [6.45, 7) is 0. The van der Waals surface area contributed by atoms with Crippen LogP contribution >= 0.6 is 11.6 Å². The number of halogens is 2. The lowest BCUT2D eigenvalue weighted by Crippen LogP contribution is -2.51. The quantitative estimate of drug-likeness (QED) is 0.244. The molecule has 2 aromatic carbocycles. The molecule has 3 heterocycles. The van der Waals surface area contributed by atoms with Crippen molar-refractivity contribution in [2.45, 2.75) is 24.8 Å². The van der Waals surface area contributed by atoms with Crippen molar-refractivity contribution >= 4 is 29.1 Å². The second-order valence-corrected chi connectivity index (χ2v) is 10.6. The molecule has 212 valence electrons. The third-order valence-corrected chi connectivity index (χ3v) is 8.05. The van der Waals surface area contributed by atoms with Gasteiger partial charge in [0.2, 0.25) is 0 Å². The summed E-state index contributed by atoms with van der Waals surface area (Å²) in [4.78, 5) is 35.9. The molecule has 6 rings (SSSR count). The number of hydrogen-bond acceptors (Lipinski definition) is 5. The van der Waals surface area contributed by atoms with Gasteiger partial charge in [-0.3, -0.25) is 19.0 Å². The number of carbonyl (C=O) groups excluding carboxylic acids is 2. The largest absolute Gasteiger partial charge is 0.496 e. The first-order valence-corrected chi connectivity index (χ1v) is 13.8. The fourth-order valence-electron chi connectivity index (χ4n) is 5.38. The van der Waals surface area contributed by atoms with Crippen LogP contribution < -0.4 is 15.4 Å². The van der Waals surface area contributed by atoms with E-state index in [1.54, 1.807) is 47.1 Å². The van der Waals surface area contributed by atoms with E-state index in [0.29, 0.717) is 44.4 Å². The number of fused-ring (bicyclic) bond motifs is 1. The minimum absolute atomic E-state index is 0.283. The fourth-order valence-corrected chi connectivity index (χ4v) is 5.64. The van der Waals surface area contributed by atoms with E-state index >= 15 is 0 Å². The Morgan fingerprint density at radius 2 is 1.79 bits per heavy atom. The maximum Gasteiger partial charge on any atom is 0.270 e. The zero-order valence-corrected chi connectivity index (χ0v) is 23.7. The molecule has 5 aromatic rings. The van der Waals surface area contributed by atoms with E-state index in [9.17, 15) is 14.0 Å². The van der Waals surface area contributed by atoms with Gasteiger partial charge in [0, 0.05) is 36.6 Å². The molecule has 1 saturated carbocycles. The summed E-state index contributed by atoms with van der Waals surface area (Å²) in [6.07, 6.45) is 6.03. The second kappa shape index (κ2) is 10.9. The van der Waals surface area contributed by atoms with Crippen LogP contribution in [0.4, 0.5) is 4.39 Å². The van der Waals surface area contributed by atoms with Gasteiger partial charge in [0.05, 0.1) is 28.9 Å². The first-order chi connectivity index (χ1) is 20.3. The predicted octanol–water partition coefficient (Wildman–Crippen LogP) is 6.03. The Bertz CT molecular complexity index is 1820. The van der Waals surface area contributed by atoms with Crippen LogP contribution in [-0.2, 0) is 5.54 Å². The van der Waals surface area contributed by atoms with Crippen LogP contribution in [0.15, 0.2) is 79.1 Å². The summed E-state index contributed by atoms with van der Waals surface area (Å²) in [6, 6.07) is 18.4. The molecule has 0 aliphatic heterocycles. The summed E-state index contributed by atoms with van der Waals surface area (Å²) < 4.78 is 20.8. The van der Waals surface area contributed by atoms with Crippen LogP contribution in [0.2, 0.25) is 5.02 Å². The molecule has 42 heavy (non-hydrogen) atoms. The lowest BCUT2D eigenvalue weighted by Gasteiger charge is -2.42. The van der Waals surface area contributed by atoms with Crippen molar-refractivity contribution in [2.75, 3.05) is 14.2 Å². The molecular formula is C32H27ClFN5O3. The van der Waals surface area contributed by atoms with Crippen LogP contribution in [0.3, 0.4) is 0 Å². The Morgan fingerprint density at radius 1 is 1.02 bits per heavy atom. The standard InChI is InChI=1S/C32H27ClFN5O3/c1-35-31(41)29-28(19-7-10-21(34)11-8-19)37-27-12-9-20(18-39(27)29)22-16-23(25(42-2)17-24(22)33)30(40)38-32(13-5-14-32)26-6-3-4-15-36-26/h3-4,6-12,15-18H,5,13-14H2,1-2H3,(H,35,41)(H,38,40). The van der Waals surface area contributed by atoms with Gasteiger partial charge >= 0.3 is 0 Å². The number of ether oxygens (including phenoxy) is 1. The number of methoxy groups -OCH3 is 1. The highest BCUT2D eigenvalue weighted by Gasteiger charge is 2.41. The van der Waals surface area contributed by atoms with Gasteiger partial charge in [-0.15, -0.1) is 0 Å². The Balaban J connectivity index is 1.43. The highest BCUT2D eigenvalue weighted by atomic mass is 35.5. The highest BCUT2D eigenvalue weighted by Crippen LogP contribution is 2.41. The normalized spacial score (nSPS) is 13.8. The Kier molecular flexibility index (Phi) is 7.12. The predicted molar refractivity (Wildman–Crippen MR) is 158 cm³/mol. The average molecular weight is 584 g/mol. The van der Waals surface area contributed by atoms with Crippen molar-refractivity contribution in [1.29, 1.82) is 0 Å². The van der Waals surface area contributed by atoms with E-state index < -0.39 is 5.54 Å². The number of rotatable bonds is 7. The van der Waals surface area contributed by atoms with Gasteiger partial charge in [-0.25, -0.2) is 9.37 Å². The first-order valence-electron chi connectivity index (χ1n) is 13.5. The molecule has 2 N–H and O–H groups in total. The number of carbonyl (C=O) groups is 2. The summed E-state index contributed by atoms with van der Waals surface area (Å²) >= 11 is 6.72. The third kappa shape index (κ3) is 4.75. The number of imidazole rings is 1. The number of hydrogen-bond donors (Lipinski definition) is 2. The zero-order valence-electron chi connectivity index (χ0n) is 22.9. The number of pyridine rings is 2. The van der Waals surface area contributed by atoms with E-state index in [1.165, 1.54) is 26.3 Å². The molecule has 0 bridgehead atoms. The van der Waals surface area contributed by atoms with E-state index in [2.05, 4.69) is 20.6 Å². The lowest BCUT2D eigenvalue weighted by molar-refractivity contribution is 0.0813. The van der Waals surface area contributed by atoms with Crippen molar-refractivity contribution in [3.8, 4) is 28.1 Å². The molecule has 10 heteroatoms. The van der Waals surface area contributed by atoms with Gasteiger partial charge < -0.3 is 15.4 Å². The monoisotopic (exact) mass is 583 g/mol. The third-order valence-electron chi connectivity index (χ3n) is 7.74. The van der Waals surface area contributed by atoms with Gasteiger partial charge in [0.25, 0.3) is 11.8 Å². The molecule has 3 aromatic heterocycles. The smallest absolute Gasteiger partial charge is 0.270 e. The van der Waals surface area contributed by atoms with Gasteiger partial charge in [-0.05, 0) is 79.4 Å². The van der Waals surface area contributed by atoms with Gasteiger partial charge in [0.1, 0.15) is 28.6 Å². The first kappa shape index (κ1) is 27.4. The number of nitrogens with one attached hydrogen (secondary N) is 2. The molecule has 1 fully saturated rings. The van der Waals surface area contributed by atoms with E-state index in [-0.39, 0.29) is 23.3 Å². The molecule has 0 unspecified atom stereocenters. The topological polar surface area (TPSA) is 97.6 Å². The van der Waals surface area contributed by atoms with Crippen LogP contribution in [0, 0.1) is 5.82 Å². The van der Waals surface area contributed by atoms with Gasteiger partial charge in [-0.2, -0.15) is 0 Å². The molecule has 0 spiro atoms.